The normalized spacial score (nSPS) is 19.8. The van der Waals surface area contributed by atoms with Gasteiger partial charge in [0.05, 0.1) is 11.5 Å². The van der Waals surface area contributed by atoms with Crippen molar-refractivity contribution >= 4 is 23.8 Å². The van der Waals surface area contributed by atoms with E-state index in [-0.39, 0.29) is 23.1 Å². The van der Waals surface area contributed by atoms with Gasteiger partial charge in [-0.3, -0.25) is 4.79 Å². The monoisotopic (exact) mass is 335 g/mol. The Kier molecular flexibility index (Phi) is 5.40. The first-order valence-corrected chi connectivity index (χ1v) is 8.85. The fraction of sp³-hybridized carbons (Fsp3) is 0.556. The molecule has 0 saturated carbocycles. The summed E-state index contributed by atoms with van der Waals surface area (Å²) in [7, 11) is 0. The van der Waals surface area contributed by atoms with E-state index in [4.69, 9.17) is 4.74 Å². The number of amides is 2. The number of nitrogens with zero attached hydrogens (tertiary/aromatic N) is 1. The average molecular weight is 335 g/mol. The number of carbonyl (C=O) groups is 2. The van der Waals surface area contributed by atoms with Crippen LogP contribution in [0.2, 0.25) is 0 Å². The molecular weight excluding hydrogens is 310 g/mol. The van der Waals surface area contributed by atoms with Gasteiger partial charge < -0.3 is 4.74 Å². The Morgan fingerprint density at radius 2 is 1.87 bits per heavy atom. The number of thioether (sulfide) groups is 1. The fourth-order valence-corrected chi connectivity index (χ4v) is 3.61. The highest BCUT2D eigenvalue weighted by atomic mass is 32.2. The van der Waals surface area contributed by atoms with Crippen LogP contribution in [0.4, 0.5) is 4.79 Å². The first-order valence-electron chi connectivity index (χ1n) is 7.97. The summed E-state index contributed by atoms with van der Waals surface area (Å²) in [5.74, 6) is 0.0212. The van der Waals surface area contributed by atoms with Gasteiger partial charge in [0, 0.05) is 10.1 Å². The van der Waals surface area contributed by atoms with Gasteiger partial charge in [0.25, 0.3) is 0 Å². The third-order valence-corrected chi connectivity index (χ3v) is 6.00. The number of imide groups is 1. The molecule has 23 heavy (non-hydrogen) atoms. The minimum absolute atomic E-state index is 0.0265. The summed E-state index contributed by atoms with van der Waals surface area (Å²) in [5.41, 5.74) is -0.670. The zero-order valence-corrected chi connectivity index (χ0v) is 15.2. The van der Waals surface area contributed by atoms with Crippen molar-refractivity contribution in [2.24, 2.45) is 11.3 Å². The van der Waals surface area contributed by atoms with Gasteiger partial charge >= 0.3 is 6.09 Å². The quantitative estimate of drug-likeness (QED) is 0.757. The van der Waals surface area contributed by atoms with Crippen LogP contribution in [0.3, 0.4) is 0 Å². The van der Waals surface area contributed by atoms with Crippen molar-refractivity contribution in [3.63, 3.8) is 0 Å². The van der Waals surface area contributed by atoms with Crippen LogP contribution in [-0.2, 0) is 9.53 Å². The highest BCUT2D eigenvalue weighted by molar-refractivity contribution is 8.00. The molecule has 0 N–H and O–H groups in total. The molecule has 0 radical (unpaired) electrons. The lowest BCUT2D eigenvalue weighted by Gasteiger charge is -2.35. The summed E-state index contributed by atoms with van der Waals surface area (Å²) in [6.45, 7) is 10.1. The molecule has 1 aromatic rings. The van der Waals surface area contributed by atoms with Gasteiger partial charge in [-0.15, -0.1) is 11.8 Å². The minimum Gasteiger partial charge on any atom is -0.447 e. The molecular formula is C18H25NO3S. The summed E-state index contributed by atoms with van der Waals surface area (Å²) >= 11 is 1.65. The zero-order chi connectivity index (χ0) is 17.2. The summed E-state index contributed by atoms with van der Waals surface area (Å²) in [6, 6.07) is 9.82. The molecule has 2 rings (SSSR count). The Morgan fingerprint density at radius 1 is 1.26 bits per heavy atom. The second-order valence-corrected chi connectivity index (χ2v) is 8.27. The first-order chi connectivity index (χ1) is 10.7. The highest BCUT2D eigenvalue weighted by Crippen LogP contribution is 2.38. The summed E-state index contributed by atoms with van der Waals surface area (Å²) in [5, 5.41) is 0.0265. The maximum absolute atomic E-state index is 13.0. The topological polar surface area (TPSA) is 46.6 Å². The molecule has 2 amide bonds. The van der Waals surface area contributed by atoms with E-state index in [1.165, 1.54) is 4.90 Å². The van der Waals surface area contributed by atoms with Gasteiger partial charge in [0.15, 0.2) is 0 Å². The Hall–Kier alpha value is -1.49. The molecule has 0 bridgehead atoms. The Labute approximate surface area is 142 Å². The molecule has 0 aliphatic carbocycles. The molecule has 5 heteroatoms. The highest BCUT2D eigenvalue weighted by Gasteiger charge is 2.47. The predicted molar refractivity (Wildman–Crippen MR) is 92.4 cm³/mol. The summed E-state index contributed by atoms with van der Waals surface area (Å²) < 4.78 is 5.11. The lowest BCUT2D eigenvalue weighted by atomic mass is 9.87. The van der Waals surface area contributed by atoms with E-state index in [0.717, 1.165) is 4.90 Å². The molecule has 0 spiro atoms. The van der Waals surface area contributed by atoms with Gasteiger partial charge in [-0.05, 0) is 31.9 Å². The summed E-state index contributed by atoms with van der Waals surface area (Å²) in [6.07, 6.45) is -0.515. The number of ether oxygens (including phenoxy) is 1. The SMILES string of the molecule is CC(C)[C@H]1COC(=O)N1C(=O)C(C)(C)C(C)Sc1ccccc1. The van der Waals surface area contributed by atoms with Crippen molar-refractivity contribution in [1.82, 2.24) is 4.90 Å². The van der Waals surface area contributed by atoms with Crippen LogP contribution >= 0.6 is 11.8 Å². The maximum atomic E-state index is 13.0. The fourth-order valence-electron chi connectivity index (χ4n) is 2.50. The van der Waals surface area contributed by atoms with Crippen LogP contribution in [0.25, 0.3) is 0 Å². The van der Waals surface area contributed by atoms with E-state index in [2.05, 4.69) is 0 Å². The van der Waals surface area contributed by atoms with Crippen LogP contribution in [-0.4, -0.2) is 34.8 Å². The van der Waals surface area contributed by atoms with Crippen LogP contribution < -0.4 is 0 Å². The number of hydrogen-bond donors (Lipinski definition) is 0. The van der Waals surface area contributed by atoms with Crippen molar-refractivity contribution in [3.8, 4) is 0 Å². The standard InChI is InChI=1S/C18H25NO3S/c1-12(2)15-11-22-17(21)19(15)16(20)18(4,5)13(3)23-14-9-7-6-8-10-14/h6-10,12-13,15H,11H2,1-5H3/t13?,15-/m1/s1. The van der Waals surface area contributed by atoms with Crippen molar-refractivity contribution in [2.75, 3.05) is 6.61 Å². The molecule has 1 unspecified atom stereocenters. The predicted octanol–water partition coefficient (Wildman–Crippen LogP) is 4.20. The van der Waals surface area contributed by atoms with Gasteiger partial charge in [0.1, 0.15) is 6.61 Å². The van der Waals surface area contributed by atoms with E-state index in [0.29, 0.717) is 6.61 Å². The number of cyclic esters (lactones) is 1. The lowest BCUT2D eigenvalue weighted by Crippen LogP contribution is -2.50. The Balaban J connectivity index is 2.17. The average Bonchev–Trinajstić information content (AvgIpc) is 2.89. The number of hydrogen-bond acceptors (Lipinski definition) is 4. The second-order valence-electron chi connectivity index (χ2n) is 6.86. The molecule has 4 nitrogen and oxygen atoms in total. The van der Waals surface area contributed by atoms with E-state index in [9.17, 15) is 9.59 Å². The molecule has 2 atom stereocenters. The third-order valence-electron chi connectivity index (χ3n) is 4.52. The van der Waals surface area contributed by atoms with Crippen molar-refractivity contribution in [3.05, 3.63) is 30.3 Å². The Bertz CT molecular complexity index is 571. The van der Waals surface area contributed by atoms with Crippen LogP contribution in [0.1, 0.15) is 34.6 Å². The molecule has 126 valence electrons. The molecule has 1 aliphatic rings. The molecule has 1 saturated heterocycles. The minimum atomic E-state index is -0.670. The number of benzene rings is 1. The molecule has 1 fully saturated rings. The smallest absolute Gasteiger partial charge is 0.417 e. The van der Waals surface area contributed by atoms with E-state index in [1.54, 1.807) is 11.8 Å². The van der Waals surface area contributed by atoms with Gasteiger partial charge in [-0.25, -0.2) is 9.69 Å². The zero-order valence-electron chi connectivity index (χ0n) is 14.4. The van der Waals surface area contributed by atoms with Crippen LogP contribution in [0, 0.1) is 11.3 Å². The maximum Gasteiger partial charge on any atom is 0.417 e. The largest absolute Gasteiger partial charge is 0.447 e. The summed E-state index contributed by atoms with van der Waals surface area (Å²) in [4.78, 5) is 27.5. The number of carbonyl (C=O) groups excluding carboxylic acids is 2. The van der Waals surface area contributed by atoms with Crippen molar-refractivity contribution < 1.29 is 14.3 Å². The van der Waals surface area contributed by atoms with Gasteiger partial charge in [-0.2, -0.15) is 0 Å². The van der Waals surface area contributed by atoms with E-state index in [1.807, 2.05) is 65.0 Å². The lowest BCUT2D eigenvalue weighted by molar-refractivity contribution is -0.138. The molecule has 1 aromatic carbocycles. The van der Waals surface area contributed by atoms with Crippen molar-refractivity contribution in [1.29, 1.82) is 0 Å². The van der Waals surface area contributed by atoms with E-state index < -0.39 is 11.5 Å². The Morgan fingerprint density at radius 3 is 2.43 bits per heavy atom. The molecule has 1 heterocycles. The van der Waals surface area contributed by atoms with Gasteiger partial charge in [0.2, 0.25) is 5.91 Å². The van der Waals surface area contributed by atoms with E-state index >= 15 is 0 Å². The number of rotatable bonds is 5. The first kappa shape index (κ1) is 17.9. The van der Waals surface area contributed by atoms with Crippen LogP contribution in [0.15, 0.2) is 35.2 Å². The van der Waals surface area contributed by atoms with Crippen molar-refractivity contribution in [2.45, 2.75) is 50.8 Å². The van der Waals surface area contributed by atoms with Crippen LogP contribution in [0.5, 0.6) is 0 Å². The molecule has 1 aliphatic heterocycles. The molecule has 0 aromatic heterocycles. The third kappa shape index (κ3) is 3.71. The second kappa shape index (κ2) is 6.95. The van der Waals surface area contributed by atoms with Gasteiger partial charge in [-0.1, -0.05) is 39.0 Å².